The maximum atomic E-state index is 12.8. The Morgan fingerprint density at radius 3 is 2.55 bits per heavy atom. The van der Waals surface area contributed by atoms with Crippen molar-refractivity contribution in [3.8, 4) is 5.75 Å². The van der Waals surface area contributed by atoms with Crippen LogP contribution < -0.4 is 15.4 Å². The Morgan fingerprint density at radius 1 is 1.14 bits per heavy atom. The van der Waals surface area contributed by atoms with E-state index in [0.29, 0.717) is 39.8 Å². The molecule has 7 heteroatoms. The fraction of sp³-hybridized carbons (Fsp3) is 0.273. The molecular formula is C22H23ClN2O4. The average Bonchev–Trinajstić information content (AvgIpc) is 2.73. The second-order valence-electron chi connectivity index (χ2n) is 6.44. The number of benzene rings is 2. The van der Waals surface area contributed by atoms with Crippen molar-refractivity contribution < 1.29 is 19.1 Å². The van der Waals surface area contributed by atoms with Crippen LogP contribution in [0.3, 0.4) is 0 Å². The Balaban J connectivity index is 2.09. The van der Waals surface area contributed by atoms with Crippen LogP contribution in [0.4, 0.5) is 4.79 Å². The normalized spacial score (nSPS) is 16.1. The van der Waals surface area contributed by atoms with Gasteiger partial charge in [0.05, 0.1) is 35.5 Å². The molecule has 0 fully saturated rings. The van der Waals surface area contributed by atoms with Crippen molar-refractivity contribution >= 4 is 29.3 Å². The van der Waals surface area contributed by atoms with E-state index in [9.17, 15) is 9.59 Å². The van der Waals surface area contributed by atoms with Gasteiger partial charge in [-0.1, -0.05) is 54.9 Å². The molecule has 1 heterocycles. The van der Waals surface area contributed by atoms with Crippen molar-refractivity contribution in [2.24, 2.45) is 0 Å². The van der Waals surface area contributed by atoms with Crippen molar-refractivity contribution in [3.63, 3.8) is 0 Å². The van der Waals surface area contributed by atoms with E-state index in [0.717, 1.165) is 6.42 Å². The van der Waals surface area contributed by atoms with Gasteiger partial charge in [-0.15, -0.1) is 0 Å². The number of carbonyl (C=O) groups excluding carboxylic acids is 2. The smallest absolute Gasteiger partial charge is 0.338 e. The third-order valence-electron chi connectivity index (χ3n) is 4.38. The summed E-state index contributed by atoms with van der Waals surface area (Å²) in [6.45, 7) is 4.51. The Bertz CT molecular complexity index is 928. The largest absolute Gasteiger partial charge is 0.492 e. The minimum atomic E-state index is -0.712. The van der Waals surface area contributed by atoms with E-state index in [1.807, 2.05) is 37.3 Å². The number of amides is 2. The lowest BCUT2D eigenvalue weighted by Gasteiger charge is -2.29. The molecular weight excluding hydrogens is 392 g/mol. The monoisotopic (exact) mass is 414 g/mol. The number of halogens is 1. The van der Waals surface area contributed by atoms with Crippen molar-refractivity contribution in [2.75, 3.05) is 13.2 Å². The number of rotatable bonds is 7. The molecule has 0 aromatic heterocycles. The molecule has 0 bridgehead atoms. The maximum absolute atomic E-state index is 12.8. The molecule has 152 valence electrons. The molecule has 29 heavy (non-hydrogen) atoms. The van der Waals surface area contributed by atoms with Gasteiger partial charge in [-0.3, -0.25) is 0 Å². The van der Waals surface area contributed by atoms with Crippen LogP contribution in [0.2, 0.25) is 5.02 Å². The Kier molecular flexibility index (Phi) is 6.77. The highest BCUT2D eigenvalue weighted by atomic mass is 35.5. The molecule has 2 N–H and O–H groups in total. The summed E-state index contributed by atoms with van der Waals surface area (Å²) < 4.78 is 10.9. The number of urea groups is 1. The zero-order chi connectivity index (χ0) is 20.8. The Labute approximate surface area is 174 Å². The van der Waals surface area contributed by atoms with E-state index in [1.165, 1.54) is 0 Å². The van der Waals surface area contributed by atoms with Crippen LogP contribution in [0, 0.1) is 0 Å². The van der Waals surface area contributed by atoms with E-state index in [-0.39, 0.29) is 6.61 Å². The highest BCUT2D eigenvalue weighted by molar-refractivity contribution is 6.32. The molecule has 2 aromatic rings. The highest BCUT2D eigenvalue weighted by Crippen LogP contribution is 2.35. The molecule has 6 nitrogen and oxygen atoms in total. The molecule has 1 atom stereocenters. The summed E-state index contributed by atoms with van der Waals surface area (Å²) in [6, 6.07) is 13.3. The SMILES string of the molecule is CCCOc1ccc(C2NC(=O)NC(c3ccccc3)=C2C(=O)OCC)cc1Cl. The minimum absolute atomic E-state index is 0.218. The summed E-state index contributed by atoms with van der Waals surface area (Å²) in [5.41, 5.74) is 2.10. The summed E-state index contributed by atoms with van der Waals surface area (Å²) in [6.07, 6.45) is 0.860. The zero-order valence-electron chi connectivity index (χ0n) is 16.3. The molecule has 3 rings (SSSR count). The van der Waals surface area contributed by atoms with Gasteiger partial charge in [0.15, 0.2) is 0 Å². The average molecular weight is 415 g/mol. The van der Waals surface area contributed by atoms with Gasteiger partial charge in [0, 0.05) is 0 Å². The quantitative estimate of drug-likeness (QED) is 0.656. The van der Waals surface area contributed by atoms with Crippen LogP contribution in [-0.4, -0.2) is 25.2 Å². The van der Waals surface area contributed by atoms with Crippen LogP contribution in [0.1, 0.15) is 37.4 Å². The molecule has 0 aliphatic carbocycles. The number of hydrogen-bond acceptors (Lipinski definition) is 4. The molecule has 1 unspecified atom stereocenters. The third kappa shape index (κ3) is 4.71. The van der Waals surface area contributed by atoms with Gasteiger partial charge in [0.1, 0.15) is 5.75 Å². The lowest BCUT2D eigenvalue weighted by Crippen LogP contribution is -2.45. The van der Waals surface area contributed by atoms with E-state index in [4.69, 9.17) is 21.1 Å². The van der Waals surface area contributed by atoms with Crippen LogP contribution in [0.25, 0.3) is 5.70 Å². The topological polar surface area (TPSA) is 76.7 Å². The van der Waals surface area contributed by atoms with E-state index < -0.39 is 18.0 Å². The predicted octanol–water partition coefficient (Wildman–Crippen LogP) is 4.46. The molecule has 1 aliphatic heterocycles. The number of nitrogens with one attached hydrogen (secondary N) is 2. The molecule has 0 radical (unpaired) electrons. The molecule has 2 amide bonds. The Hall–Kier alpha value is -2.99. The summed E-state index contributed by atoms with van der Waals surface area (Å²) in [5.74, 6) is 0.0498. The van der Waals surface area contributed by atoms with Gasteiger partial charge in [0.25, 0.3) is 0 Å². The number of ether oxygens (including phenoxy) is 2. The summed E-state index contributed by atoms with van der Waals surface area (Å²) >= 11 is 6.38. The Morgan fingerprint density at radius 2 is 1.90 bits per heavy atom. The summed E-state index contributed by atoms with van der Waals surface area (Å²) in [4.78, 5) is 25.2. The second-order valence-corrected chi connectivity index (χ2v) is 6.85. The van der Waals surface area contributed by atoms with Crippen LogP contribution in [0.5, 0.6) is 5.75 Å². The zero-order valence-corrected chi connectivity index (χ0v) is 17.1. The van der Waals surface area contributed by atoms with E-state index in [1.54, 1.807) is 25.1 Å². The van der Waals surface area contributed by atoms with Crippen molar-refractivity contribution in [3.05, 3.63) is 70.3 Å². The van der Waals surface area contributed by atoms with Crippen LogP contribution in [0.15, 0.2) is 54.1 Å². The third-order valence-corrected chi connectivity index (χ3v) is 4.68. The second kappa shape index (κ2) is 9.47. The molecule has 0 saturated carbocycles. The standard InChI is InChI=1S/C22H23ClN2O4/c1-3-12-29-17-11-10-15(13-16(17)23)20-18(21(26)28-4-2)19(24-22(27)25-20)14-8-6-5-7-9-14/h5-11,13,20H,3-4,12H2,1-2H3,(H2,24,25,27). The number of esters is 1. The van der Waals surface area contributed by atoms with E-state index in [2.05, 4.69) is 10.6 Å². The van der Waals surface area contributed by atoms with Crippen LogP contribution >= 0.6 is 11.6 Å². The van der Waals surface area contributed by atoms with Gasteiger partial charge in [0.2, 0.25) is 0 Å². The molecule has 0 spiro atoms. The fourth-order valence-electron chi connectivity index (χ4n) is 3.10. The summed E-state index contributed by atoms with van der Waals surface area (Å²) in [7, 11) is 0. The molecule has 0 saturated heterocycles. The first-order valence-corrected chi connectivity index (χ1v) is 9.89. The first-order chi connectivity index (χ1) is 14.0. The van der Waals surface area contributed by atoms with Gasteiger partial charge in [-0.2, -0.15) is 0 Å². The first-order valence-electron chi connectivity index (χ1n) is 9.51. The molecule has 2 aromatic carbocycles. The van der Waals surface area contributed by atoms with Gasteiger partial charge < -0.3 is 20.1 Å². The van der Waals surface area contributed by atoms with Crippen LogP contribution in [-0.2, 0) is 9.53 Å². The van der Waals surface area contributed by atoms with Crippen molar-refractivity contribution in [1.29, 1.82) is 0 Å². The van der Waals surface area contributed by atoms with Crippen molar-refractivity contribution in [1.82, 2.24) is 10.6 Å². The maximum Gasteiger partial charge on any atom is 0.338 e. The van der Waals surface area contributed by atoms with Gasteiger partial charge in [-0.25, -0.2) is 9.59 Å². The summed E-state index contributed by atoms with van der Waals surface area (Å²) in [5, 5.41) is 5.96. The van der Waals surface area contributed by atoms with Crippen molar-refractivity contribution in [2.45, 2.75) is 26.3 Å². The first kappa shape index (κ1) is 20.7. The number of hydrogen-bond donors (Lipinski definition) is 2. The predicted molar refractivity (Wildman–Crippen MR) is 112 cm³/mol. The lowest BCUT2D eigenvalue weighted by atomic mass is 9.92. The minimum Gasteiger partial charge on any atom is -0.492 e. The fourth-order valence-corrected chi connectivity index (χ4v) is 3.35. The van der Waals surface area contributed by atoms with Gasteiger partial charge >= 0.3 is 12.0 Å². The van der Waals surface area contributed by atoms with E-state index >= 15 is 0 Å². The highest BCUT2D eigenvalue weighted by Gasteiger charge is 2.34. The molecule has 1 aliphatic rings. The number of carbonyl (C=O) groups is 2. The van der Waals surface area contributed by atoms with Gasteiger partial charge in [-0.05, 0) is 36.6 Å². The lowest BCUT2D eigenvalue weighted by molar-refractivity contribution is -0.138.